The van der Waals surface area contributed by atoms with Crippen molar-refractivity contribution in [2.24, 2.45) is 0 Å². The Morgan fingerprint density at radius 2 is 0.500 bits per heavy atom. The second kappa shape index (κ2) is 36.5. The fourth-order valence-electron chi connectivity index (χ4n) is 0. The Hall–Kier alpha value is -1.83. The van der Waals surface area contributed by atoms with Gasteiger partial charge in [0.1, 0.15) is 0 Å². The van der Waals surface area contributed by atoms with Crippen molar-refractivity contribution < 1.29 is 75.0 Å². The van der Waals surface area contributed by atoms with E-state index in [2.05, 4.69) is 0 Å². The van der Waals surface area contributed by atoms with E-state index in [4.69, 9.17) is 75.0 Å². The van der Waals surface area contributed by atoms with Crippen LogP contribution < -0.4 is 10.2 Å². The molecule has 1 unspecified atom stereocenters. The Morgan fingerprint density at radius 3 is 0.500 bits per heavy atom. The molecule has 0 aromatic carbocycles. The molecule has 128 valence electrons. The van der Waals surface area contributed by atoms with Gasteiger partial charge >= 0.3 is 74.2 Å². The molecule has 0 aromatic heterocycles. The van der Waals surface area contributed by atoms with Crippen molar-refractivity contribution in [2.45, 2.75) is 0 Å². The fourth-order valence-corrected chi connectivity index (χ4v) is 0. The van der Waals surface area contributed by atoms with Crippen molar-refractivity contribution in [1.29, 1.82) is 0 Å². The summed E-state index contributed by atoms with van der Waals surface area (Å²) in [5, 5.41) is 72.4. The Morgan fingerprint density at radius 1 is 0.500 bits per heavy atom. The van der Waals surface area contributed by atoms with Gasteiger partial charge in [0.25, 0.3) is 0 Å². The second-order valence-electron chi connectivity index (χ2n) is 1.38. The first-order chi connectivity index (χ1) is 8.66. The van der Waals surface area contributed by atoms with E-state index in [0.29, 0.717) is 0 Å². The van der Waals surface area contributed by atoms with Crippen LogP contribution in [0.3, 0.4) is 0 Å². The van der Waals surface area contributed by atoms with Gasteiger partial charge in [-0.3, -0.25) is 0 Å². The molecule has 0 spiro atoms. The van der Waals surface area contributed by atoms with Crippen molar-refractivity contribution in [3.8, 4) is 0 Å². The summed E-state index contributed by atoms with van der Waals surface area (Å²) in [7, 11) is 0. The quantitative estimate of drug-likeness (QED) is 0.178. The van der Waals surface area contributed by atoms with Gasteiger partial charge < -0.3 is 60.7 Å². The van der Waals surface area contributed by atoms with Crippen LogP contribution in [0.1, 0.15) is 0 Å². The number of hydrogen-bond acceptors (Lipinski definition) is 7. The predicted molar refractivity (Wildman–Crippen MR) is 63.7 cm³/mol. The van der Waals surface area contributed by atoms with Crippen molar-refractivity contribution in [2.75, 3.05) is 0 Å². The fraction of sp³-hybridized carbons (Fsp3) is 0. The summed E-state index contributed by atoms with van der Waals surface area (Å²) in [6, 6.07) is 0. The van der Waals surface area contributed by atoms with Gasteiger partial charge in [0.05, 0.1) is 0 Å². The molecule has 0 amide bonds. The van der Waals surface area contributed by atoms with E-state index in [9.17, 15) is 0 Å². The summed E-state index contributed by atoms with van der Waals surface area (Å²) in [6.07, 6.45) is -9.67. The van der Waals surface area contributed by atoms with E-state index in [1.807, 2.05) is 0 Å². The first kappa shape index (κ1) is 42.7. The maximum atomic E-state index is 8.56. The minimum Gasteiger partial charge on any atom is 2.00 e. The summed E-state index contributed by atoms with van der Waals surface area (Å²) in [6.45, 7) is 0. The second-order valence-corrected chi connectivity index (χ2v) is 1.38. The Kier molecular flexibility index (Phi) is 70.9. The molecule has 8 N–H and O–H groups in total. The van der Waals surface area contributed by atoms with Crippen LogP contribution in [0, 0.1) is 0 Å². The van der Waals surface area contributed by atoms with Gasteiger partial charge in [-0.2, -0.15) is 0 Å². The first-order valence-electron chi connectivity index (χ1n) is 3.22. The molecule has 0 aliphatic rings. The summed E-state index contributed by atoms with van der Waals surface area (Å²) in [5.41, 5.74) is 0. The smallest absolute Gasteiger partial charge is 2.00 e. The van der Waals surface area contributed by atoms with Crippen LogP contribution in [0.5, 0.6) is 0 Å². The van der Waals surface area contributed by atoms with Gasteiger partial charge in [0.15, 0.2) is 0 Å². The van der Waals surface area contributed by atoms with E-state index in [-0.39, 0.29) is 55.7 Å². The third kappa shape index (κ3) is 1600. The zero-order chi connectivity index (χ0) is 17.9. The van der Waals surface area contributed by atoms with Crippen LogP contribution in [-0.2, 0) is 0 Å². The van der Waals surface area contributed by atoms with Crippen LogP contribution in [0.4, 0.5) is 24.0 Å². The van der Waals surface area contributed by atoms with Gasteiger partial charge in [0, 0.05) is 0 Å². The standard InChI is InChI=1S/5CH2O3.AsH3.Ca/c5*2-1(3)4;;/h5*(H2,2,3,4);1H3;/q;;;;;;+2/p-2. The number of rotatable bonds is 0. The third-order valence-corrected chi connectivity index (χ3v) is 0. The van der Waals surface area contributed by atoms with E-state index >= 15 is 0 Å². The molecule has 0 bridgehead atoms. The first-order valence-corrected chi connectivity index (χ1v) is 3.22. The van der Waals surface area contributed by atoms with Crippen molar-refractivity contribution >= 4 is 86.5 Å². The van der Waals surface area contributed by atoms with E-state index in [0.717, 1.165) is 0 Å². The van der Waals surface area contributed by atoms with Gasteiger partial charge in [-0.1, -0.05) is 0 Å². The molecule has 0 aromatic rings. The maximum Gasteiger partial charge on any atom is 2.00 e. The number of carboxylic acid groups (broad SMARTS) is 10. The summed E-state index contributed by atoms with van der Waals surface area (Å²) >= 11 is 0. The van der Waals surface area contributed by atoms with Gasteiger partial charge in [-0.05, 0) is 0 Å². The Labute approximate surface area is 161 Å². The zero-order valence-electron chi connectivity index (χ0n) is 10.3. The molecule has 1 atom stereocenters. The molecule has 0 rings (SSSR count). The Bertz CT molecular complexity index is 213. The molecule has 0 saturated carbocycles. The Balaban J connectivity index is -0.0000000250. The predicted octanol–water partition coefficient (Wildman–Crippen LogP) is -3.12. The maximum absolute atomic E-state index is 8.56. The molecule has 0 radical (unpaired) electrons. The SMILES string of the molecule is O=C(O)O.O=C(O)O.O=C(O)O.O=C([O-])O.O=C([O-])O.[AsH3].[Ca+2]. The van der Waals surface area contributed by atoms with Crippen molar-refractivity contribution in [3.63, 3.8) is 0 Å². The summed E-state index contributed by atoms with van der Waals surface area (Å²) in [4.78, 5) is 42.6. The molecular formula is C5H11AsCaO15. The number of carbonyl (C=O) groups is 5. The van der Waals surface area contributed by atoms with Crippen LogP contribution in [-0.4, -0.2) is 127 Å². The molecular weight excluding hydrogens is 415 g/mol. The monoisotopic (exact) mass is 426 g/mol. The van der Waals surface area contributed by atoms with Gasteiger partial charge in [-0.15, -0.1) is 0 Å². The van der Waals surface area contributed by atoms with Crippen LogP contribution in [0.2, 0.25) is 0 Å². The normalized spacial score (nSPS) is 5.45. The van der Waals surface area contributed by atoms with Crippen LogP contribution in [0.15, 0.2) is 0 Å². The molecule has 0 fully saturated rings. The molecule has 0 saturated heterocycles. The minimum atomic E-state index is -2.08. The number of hydrogen-bond donors (Lipinski definition) is 8. The van der Waals surface area contributed by atoms with Gasteiger partial charge in [-0.25, -0.2) is 14.4 Å². The zero-order valence-corrected chi connectivity index (χ0v) is 15.5. The topological polar surface area (TPSA) is 293 Å². The minimum absolute atomic E-state index is 0. The molecule has 0 aliphatic carbocycles. The molecule has 15 nitrogen and oxygen atoms in total. The molecule has 22 heavy (non-hydrogen) atoms. The van der Waals surface area contributed by atoms with Crippen molar-refractivity contribution in [1.82, 2.24) is 0 Å². The van der Waals surface area contributed by atoms with E-state index in [1.165, 1.54) is 0 Å². The largest absolute Gasteiger partial charge is 2.00 e. The molecule has 0 aliphatic heterocycles. The third-order valence-electron chi connectivity index (χ3n) is 0. The van der Waals surface area contributed by atoms with Crippen molar-refractivity contribution in [3.05, 3.63) is 0 Å². The van der Waals surface area contributed by atoms with E-state index in [1.54, 1.807) is 0 Å². The summed E-state index contributed by atoms with van der Waals surface area (Å²) in [5.74, 6) is 0. The van der Waals surface area contributed by atoms with Gasteiger partial charge in [0.2, 0.25) is 12.3 Å². The van der Waals surface area contributed by atoms with Crippen LogP contribution in [0.25, 0.3) is 0 Å². The molecule has 0 heterocycles. The summed E-state index contributed by atoms with van der Waals surface area (Å²) < 4.78 is 0. The van der Waals surface area contributed by atoms with Crippen LogP contribution >= 0.6 is 0 Å². The van der Waals surface area contributed by atoms with E-state index < -0.39 is 30.8 Å². The average molecular weight is 426 g/mol. The average Bonchev–Trinajstić information content (AvgIpc) is 1.94. The molecule has 17 heteroatoms.